The summed E-state index contributed by atoms with van der Waals surface area (Å²) in [5.74, 6) is -0.200. The van der Waals surface area contributed by atoms with Crippen LogP contribution in [0.25, 0.3) is 0 Å². The van der Waals surface area contributed by atoms with Gasteiger partial charge in [-0.15, -0.1) is 0 Å². The van der Waals surface area contributed by atoms with E-state index in [4.69, 9.17) is 0 Å². The lowest BCUT2D eigenvalue weighted by Gasteiger charge is -2.11. The van der Waals surface area contributed by atoms with Crippen LogP contribution in [-0.4, -0.2) is 17.9 Å². The molecule has 1 aromatic carbocycles. The Kier molecular flexibility index (Phi) is 3.80. The molecule has 0 aliphatic rings. The Labute approximate surface area is 112 Å². The first-order valence-corrected chi connectivity index (χ1v) is 6.13. The SMILES string of the molecule is CNc1ccnc(C(=O)Nc2c(C)cccc2C)c1. The Balaban J connectivity index is 2.25. The fourth-order valence-electron chi connectivity index (χ4n) is 1.90. The van der Waals surface area contributed by atoms with E-state index in [2.05, 4.69) is 15.6 Å². The first kappa shape index (κ1) is 13.1. The molecule has 4 heteroatoms. The lowest BCUT2D eigenvalue weighted by molar-refractivity contribution is 0.102. The molecule has 0 spiro atoms. The minimum absolute atomic E-state index is 0.200. The van der Waals surface area contributed by atoms with E-state index in [0.717, 1.165) is 22.5 Å². The van der Waals surface area contributed by atoms with Gasteiger partial charge in [0.2, 0.25) is 0 Å². The van der Waals surface area contributed by atoms with Gasteiger partial charge in [-0.1, -0.05) is 18.2 Å². The molecule has 0 aliphatic heterocycles. The van der Waals surface area contributed by atoms with Gasteiger partial charge in [0.25, 0.3) is 5.91 Å². The molecule has 1 heterocycles. The number of nitrogens with zero attached hydrogens (tertiary/aromatic N) is 1. The van der Waals surface area contributed by atoms with Crippen LogP contribution in [0.4, 0.5) is 11.4 Å². The van der Waals surface area contributed by atoms with Crippen molar-refractivity contribution in [3.8, 4) is 0 Å². The third-order valence-electron chi connectivity index (χ3n) is 3.00. The molecule has 0 saturated carbocycles. The Morgan fingerprint density at radius 3 is 2.47 bits per heavy atom. The van der Waals surface area contributed by atoms with Gasteiger partial charge in [-0.25, -0.2) is 0 Å². The smallest absolute Gasteiger partial charge is 0.274 e. The monoisotopic (exact) mass is 255 g/mol. The van der Waals surface area contributed by atoms with Crippen LogP contribution in [0.15, 0.2) is 36.5 Å². The number of anilines is 2. The van der Waals surface area contributed by atoms with Gasteiger partial charge in [0.15, 0.2) is 0 Å². The van der Waals surface area contributed by atoms with E-state index in [1.165, 1.54) is 0 Å². The average Bonchev–Trinajstić information content (AvgIpc) is 2.43. The number of aromatic nitrogens is 1. The van der Waals surface area contributed by atoms with Crippen molar-refractivity contribution in [2.75, 3.05) is 17.7 Å². The number of para-hydroxylation sites is 1. The molecular weight excluding hydrogens is 238 g/mol. The molecule has 1 aromatic heterocycles. The van der Waals surface area contributed by atoms with Gasteiger partial charge < -0.3 is 10.6 Å². The molecule has 0 atom stereocenters. The van der Waals surface area contributed by atoms with Crippen molar-refractivity contribution in [3.63, 3.8) is 0 Å². The van der Waals surface area contributed by atoms with E-state index >= 15 is 0 Å². The van der Waals surface area contributed by atoms with Gasteiger partial charge in [0.05, 0.1) is 0 Å². The maximum Gasteiger partial charge on any atom is 0.274 e. The molecule has 4 nitrogen and oxygen atoms in total. The minimum atomic E-state index is -0.200. The highest BCUT2D eigenvalue weighted by atomic mass is 16.1. The largest absolute Gasteiger partial charge is 0.388 e. The predicted molar refractivity (Wildman–Crippen MR) is 77.7 cm³/mol. The van der Waals surface area contributed by atoms with Crippen LogP contribution in [-0.2, 0) is 0 Å². The van der Waals surface area contributed by atoms with Crippen LogP contribution < -0.4 is 10.6 Å². The summed E-state index contributed by atoms with van der Waals surface area (Å²) in [6.07, 6.45) is 1.62. The maximum atomic E-state index is 12.2. The third-order valence-corrected chi connectivity index (χ3v) is 3.00. The topological polar surface area (TPSA) is 54.0 Å². The Bertz CT molecular complexity index is 588. The van der Waals surface area contributed by atoms with E-state index in [9.17, 15) is 4.79 Å². The number of pyridine rings is 1. The van der Waals surface area contributed by atoms with Gasteiger partial charge in [-0.3, -0.25) is 9.78 Å². The summed E-state index contributed by atoms with van der Waals surface area (Å²) in [6, 6.07) is 9.46. The molecule has 1 amide bonds. The number of aryl methyl sites for hydroxylation is 2. The Morgan fingerprint density at radius 2 is 1.84 bits per heavy atom. The summed E-state index contributed by atoms with van der Waals surface area (Å²) >= 11 is 0. The number of amides is 1. The Morgan fingerprint density at radius 1 is 1.16 bits per heavy atom. The van der Waals surface area contributed by atoms with Crippen molar-refractivity contribution >= 4 is 17.3 Å². The van der Waals surface area contributed by atoms with Crippen molar-refractivity contribution in [2.45, 2.75) is 13.8 Å². The quantitative estimate of drug-likeness (QED) is 0.886. The number of carbonyl (C=O) groups is 1. The number of hydrogen-bond acceptors (Lipinski definition) is 3. The van der Waals surface area contributed by atoms with Gasteiger partial charge in [0.1, 0.15) is 5.69 Å². The number of carbonyl (C=O) groups excluding carboxylic acids is 1. The van der Waals surface area contributed by atoms with Crippen LogP contribution in [0.2, 0.25) is 0 Å². The summed E-state index contributed by atoms with van der Waals surface area (Å²) in [7, 11) is 1.81. The third kappa shape index (κ3) is 2.91. The fourth-order valence-corrected chi connectivity index (χ4v) is 1.90. The summed E-state index contributed by atoms with van der Waals surface area (Å²) < 4.78 is 0. The molecule has 0 unspecified atom stereocenters. The highest BCUT2D eigenvalue weighted by Gasteiger charge is 2.11. The molecular formula is C15H17N3O. The molecule has 0 aliphatic carbocycles. The summed E-state index contributed by atoms with van der Waals surface area (Å²) in [4.78, 5) is 16.3. The van der Waals surface area contributed by atoms with Crippen LogP contribution in [0.3, 0.4) is 0 Å². The molecule has 19 heavy (non-hydrogen) atoms. The molecule has 0 radical (unpaired) electrons. The van der Waals surface area contributed by atoms with Crippen LogP contribution in [0.5, 0.6) is 0 Å². The fraction of sp³-hybridized carbons (Fsp3) is 0.200. The van der Waals surface area contributed by atoms with Gasteiger partial charge in [-0.2, -0.15) is 0 Å². The molecule has 2 rings (SSSR count). The number of nitrogens with one attached hydrogen (secondary N) is 2. The number of rotatable bonds is 3. The Hall–Kier alpha value is -2.36. The molecule has 0 bridgehead atoms. The van der Waals surface area contributed by atoms with Gasteiger partial charge in [-0.05, 0) is 37.1 Å². The zero-order chi connectivity index (χ0) is 13.8. The van der Waals surface area contributed by atoms with Gasteiger partial charge >= 0.3 is 0 Å². The van der Waals surface area contributed by atoms with Crippen molar-refractivity contribution in [1.29, 1.82) is 0 Å². The molecule has 2 N–H and O–H groups in total. The number of hydrogen-bond donors (Lipinski definition) is 2. The van der Waals surface area contributed by atoms with Gasteiger partial charge in [0, 0.05) is 24.6 Å². The summed E-state index contributed by atoms with van der Waals surface area (Å²) in [5.41, 5.74) is 4.19. The highest BCUT2D eigenvalue weighted by molar-refractivity contribution is 6.04. The first-order chi connectivity index (χ1) is 9.11. The second-order valence-electron chi connectivity index (χ2n) is 4.40. The zero-order valence-corrected chi connectivity index (χ0v) is 11.3. The lowest BCUT2D eigenvalue weighted by atomic mass is 10.1. The zero-order valence-electron chi connectivity index (χ0n) is 11.3. The molecule has 98 valence electrons. The average molecular weight is 255 g/mol. The van der Waals surface area contributed by atoms with Crippen LogP contribution >= 0.6 is 0 Å². The summed E-state index contributed by atoms with van der Waals surface area (Å²) in [5, 5.41) is 5.91. The minimum Gasteiger partial charge on any atom is -0.388 e. The van der Waals surface area contributed by atoms with Crippen molar-refractivity contribution in [2.24, 2.45) is 0 Å². The molecule has 0 saturated heterocycles. The van der Waals surface area contributed by atoms with E-state index < -0.39 is 0 Å². The molecule has 2 aromatic rings. The van der Waals surface area contributed by atoms with Crippen molar-refractivity contribution in [3.05, 3.63) is 53.3 Å². The normalized spacial score (nSPS) is 10.1. The van der Waals surface area contributed by atoms with Crippen molar-refractivity contribution < 1.29 is 4.79 Å². The standard InChI is InChI=1S/C15H17N3O/c1-10-5-4-6-11(2)14(10)18-15(19)13-9-12(16-3)7-8-17-13/h4-9H,1-3H3,(H,16,17)(H,18,19). The van der Waals surface area contributed by atoms with Crippen LogP contribution in [0, 0.1) is 13.8 Å². The summed E-state index contributed by atoms with van der Waals surface area (Å²) in [6.45, 7) is 3.94. The maximum absolute atomic E-state index is 12.2. The highest BCUT2D eigenvalue weighted by Crippen LogP contribution is 2.20. The number of benzene rings is 1. The lowest BCUT2D eigenvalue weighted by Crippen LogP contribution is -2.15. The second kappa shape index (κ2) is 5.52. The predicted octanol–water partition coefficient (Wildman–Crippen LogP) is 2.99. The van der Waals surface area contributed by atoms with E-state index in [1.54, 1.807) is 12.3 Å². The van der Waals surface area contributed by atoms with E-state index in [-0.39, 0.29) is 5.91 Å². The van der Waals surface area contributed by atoms with Crippen LogP contribution in [0.1, 0.15) is 21.6 Å². The second-order valence-corrected chi connectivity index (χ2v) is 4.40. The van der Waals surface area contributed by atoms with E-state index in [0.29, 0.717) is 5.69 Å². The molecule has 0 fully saturated rings. The van der Waals surface area contributed by atoms with Crippen molar-refractivity contribution in [1.82, 2.24) is 4.98 Å². The van der Waals surface area contributed by atoms with E-state index in [1.807, 2.05) is 45.2 Å². The first-order valence-electron chi connectivity index (χ1n) is 6.13.